The van der Waals surface area contributed by atoms with E-state index in [9.17, 15) is 0 Å². The van der Waals surface area contributed by atoms with E-state index >= 15 is 0 Å². The molecule has 2 aliphatic heterocycles. The van der Waals surface area contributed by atoms with Crippen LogP contribution in [0.5, 0.6) is 23.0 Å². The molecule has 2 heterocycles. The maximum Gasteiger partial charge on any atom is 0.166 e. The molecule has 0 fully saturated rings. The Morgan fingerprint density at radius 3 is 2.18 bits per heavy atom. The molecule has 0 bridgehead atoms. The lowest BCUT2D eigenvalue weighted by Gasteiger charge is -2.48. The summed E-state index contributed by atoms with van der Waals surface area (Å²) in [6.45, 7) is 5.40. The van der Waals surface area contributed by atoms with Crippen LogP contribution in [0.15, 0.2) is 24.3 Å². The zero-order chi connectivity index (χ0) is 20.1. The van der Waals surface area contributed by atoms with Crippen LogP contribution >= 0.6 is 0 Å². The van der Waals surface area contributed by atoms with Gasteiger partial charge in [0.25, 0.3) is 0 Å². The maximum atomic E-state index is 5.77. The van der Waals surface area contributed by atoms with Crippen molar-refractivity contribution in [3.05, 3.63) is 46.5 Å². The molecule has 0 saturated carbocycles. The molecule has 0 atom stereocenters. The number of rotatable bonds is 4. The van der Waals surface area contributed by atoms with Crippen LogP contribution in [0.1, 0.15) is 36.1 Å². The van der Waals surface area contributed by atoms with Crippen LogP contribution in [0.2, 0.25) is 0 Å². The highest BCUT2D eigenvalue weighted by Gasteiger charge is 2.41. The van der Waals surface area contributed by atoms with E-state index < -0.39 is 0 Å². The van der Waals surface area contributed by atoms with E-state index in [0.717, 1.165) is 47.1 Å². The predicted molar refractivity (Wildman–Crippen MR) is 110 cm³/mol. The maximum absolute atomic E-state index is 5.77. The highest BCUT2D eigenvalue weighted by Crippen LogP contribution is 2.51. The Morgan fingerprint density at radius 2 is 1.54 bits per heavy atom. The van der Waals surface area contributed by atoms with Crippen LogP contribution in [0, 0.1) is 0 Å². The molecule has 5 nitrogen and oxygen atoms in total. The first kappa shape index (κ1) is 18.5. The summed E-state index contributed by atoms with van der Waals surface area (Å²) < 4.78 is 22.4. The Kier molecular flexibility index (Phi) is 4.41. The molecule has 0 unspecified atom stereocenters. The normalized spacial score (nSPS) is 16.4. The van der Waals surface area contributed by atoms with E-state index in [1.54, 1.807) is 28.4 Å². The highest BCUT2D eigenvalue weighted by molar-refractivity contribution is 5.88. The minimum absolute atomic E-state index is 0.246. The quantitative estimate of drug-likeness (QED) is 0.789. The van der Waals surface area contributed by atoms with Gasteiger partial charge in [0.2, 0.25) is 0 Å². The molecule has 0 aromatic heterocycles. The predicted octanol–water partition coefficient (Wildman–Crippen LogP) is 4.33. The van der Waals surface area contributed by atoms with Gasteiger partial charge in [-0.1, -0.05) is 6.07 Å². The van der Waals surface area contributed by atoms with Crippen molar-refractivity contribution < 1.29 is 18.9 Å². The number of fused-ring (bicyclic) bond motifs is 4. The van der Waals surface area contributed by atoms with Crippen LogP contribution in [0.25, 0.3) is 11.8 Å². The van der Waals surface area contributed by atoms with E-state index in [4.69, 9.17) is 18.9 Å². The summed E-state index contributed by atoms with van der Waals surface area (Å²) in [6, 6.07) is 8.27. The Balaban J connectivity index is 1.96. The van der Waals surface area contributed by atoms with Crippen molar-refractivity contribution >= 4 is 11.8 Å². The topological polar surface area (TPSA) is 40.2 Å². The molecule has 0 aliphatic carbocycles. The summed E-state index contributed by atoms with van der Waals surface area (Å²) in [5.74, 6) is 3.09. The van der Waals surface area contributed by atoms with Crippen molar-refractivity contribution in [1.29, 1.82) is 0 Å². The van der Waals surface area contributed by atoms with Crippen LogP contribution in [0.3, 0.4) is 0 Å². The van der Waals surface area contributed by atoms with Crippen molar-refractivity contribution in [2.45, 2.75) is 25.8 Å². The highest BCUT2D eigenvalue weighted by atomic mass is 16.5. The molecule has 5 heteroatoms. The molecule has 0 N–H and O–H groups in total. The number of benzene rings is 2. The molecule has 2 aromatic rings. The van der Waals surface area contributed by atoms with Crippen molar-refractivity contribution in [2.24, 2.45) is 0 Å². The fourth-order valence-corrected chi connectivity index (χ4v) is 4.58. The molecule has 0 amide bonds. The number of ether oxygens (including phenoxy) is 4. The Morgan fingerprint density at radius 1 is 0.857 bits per heavy atom. The molecule has 0 radical (unpaired) electrons. The van der Waals surface area contributed by atoms with E-state index in [1.165, 1.54) is 16.8 Å². The molecular formula is C23H27NO4. The van der Waals surface area contributed by atoms with Gasteiger partial charge in [0.1, 0.15) is 0 Å². The average Bonchev–Trinajstić information content (AvgIpc) is 2.71. The summed E-state index contributed by atoms with van der Waals surface area (Å²) in [5, 5.41) is 0. The van der Waals surface area contributed by atoms with Crippen LogP contribution in [-0.2, 0) is 12.0 Å². The first-order valence-electron chi connectivity index (χ1n) is 9.46. The van der Waals surface area contributed by atoms with Gasteiger partial charge in [0, 0.05) is 23.4 Å². The minimum atomic E-state index is -0.246. The Hall–Kier alpha value is -2.82. The van der Waals surface area contributed by atoms with Gasteiger partial charge in [-0.3, -0.25) is 0 Å². The first-order valence-corrected chi connectivity index (χ1v) is 9.46. The van der Waals surface area contributed by atoms with E-state index in [2.05, 4.69) is 43.0 Å². The van der Waals surface area contributed by atoms with Gasteiger partial charge in [-0.05, 0) is 55.7 Å². The lowest BCUT2D eigenvalue weighted by atomic mass is 9.79. The van der Waals surface area contributed by atoms with Gasteiger partial charge in [-0.15, -0.1) is 0 Å². The van der Waals surface area contributed by atoms with Gasteiger partial charge in [-0.2, -0.15) is 0 Å². The Labute approximate surface area is 166 Å². The molecule has 2 aromatic carbocycles. The number of hydrogen-bond acceptors (Lipinski definition) is 5. The molecule has 4 rings (SSSR count). The van der Waals surface area contributed by atoms with Crippen molar-refractivity contribution in [3.8, 4) is 23.0 Å². The van der Waals surface area contributed by atoms with E-state index in [0.29, 0.717) is 0 Å². The summed E-state index contributed by atoms with van der Waals surface area (Å²) in [6.07, 6.45) is 3.19. The summed E-state index contributed by atoms with van der Waals surface area (Å²) >= 11 is 0. The SMILES string of the molecule is COc1cc2c(cc1OC)C1=Cc3ccc(OC)c(OC)c3C(C)(C)N1CC2. The monoisotopic (exact) mass is 381 g/mol. The third-order valence-electron chi connectivity index (χ3n) is 5.94. The summed E-state index contributed by atoms with van der Waals surface area (Å²) in [5.41, 5.74) is 5.73. The van der Waals surface area contributed by atoms with Crippen LogP contribution < -0.4 is 18.9 Å². The molecular weight excluding hydrogens is 354 g/mol. The number of nitrogens with zero attached hydrogens (tertiary/aromatic N) is 1. The largest absolute Gasteiger partial charge is 0.493 e. The number of hydrogen-bond donors (Lipinski definition) is 0. The second kappa shape index (κ2) is 6.66. The summed E-state index contributed by atoms with van der Waals surface area (Å²) in [4.78, 5) is 2.45. The van der Waals surface area contributed by atoms with Gasteiger partial charge in [0.15, 0.2) is 23.0 Å². The van der Waals surface area contributed by atoms with E-state index in [1.807, 2.05) is 6.07 Å². The molecule has 2 aliphatic rings. The second-order valence-electron chi connectivity index (χ2n) is 7.62. The molecule has 148 valence electrons. The van der Waals surface area contributed by atoms with Crippen molar-refractivity contribution in [2.75, 3.05) is 35.0 Å². The average molecular weight is 381 g/mol. The lowest BCUT2D eigenvalue weighted by Crippen LogP contribution is -2.46. The third-order valence-corrected chi connectivity index (χ3v) is 5.94. The smallest absolute Gasteiger partial charge is 0.166 e. The fourth-order valence-electron chi connectivity index (χ4n) is 4.58. The first-order chi connectivity index (χ1) is 13.5. The zero-order valence-corrected chi connectivity index (χ0v) is 17.4. The standard InChI is InChI=1S/C23H27NO4/c1-23(2)21-15(7-8-18(25-3)22(21)28-6)11-17-16-13-20(27-5)19(26-4)12-14(16)9-10-24(17)23/h7-8,11-13H,9-10H2,1-6H3. The minimum Gasteiger partial charge on any atom is -0.493 e. The van der Waals surface area contributed by atoms with Crippen molar-refractivity contribution in [3.63, 3.8) is 0 Å². The van der Waals surface area contributed by atoms with Gasteiger partial charge >= 0.3 is 0 Å². The van der Waals surface area contributed by atoms with Crippen LogP contribution in [0.4, 0.5) is 0 Å². The van der Waals surface area contributed by atoms with Crippen molar-refractivity contribution in [1.82, 2.24) is 4.90 Å². The number of methoxy groups -OCH3 is 4. The molecule has 0 saturated heterocycles. The van der Waals surface area contributed by atoms with Gasteiger partial charge in [0.05, 0.1) is 34.0 Å². The van der Waals surface area contributed by atoms with E-state index in [-0.39, 0.29) is 5.54 Å². The molecule has 0 spiro atoms. The van der Waals surface area contributed by atoms with Gasteiger partial charge in [-0.25, -0.2) is 0 Å². The Bertz CT molecular complexity index is 962. The van der Waals surface area contributed by atoms with Crippen LogP contribution in [-0.4, -0.2) is 39.9 Å². The zero-order valence-electron chi connectivity index (χ0n) is 17.4. The van der Waals surface area contributed by atoms with Gasteiger partial charge < -0.3 is 23.8 Å². The second-order valence-corrected chi connectivity index (χ2v) is 7.62. The fraction of sp³-hybridized carbons (Fsp3) is 0.391. The summed E-state index contributed by atoms with van der Waals surface area (Å²) in [7, 11) is 6.74. The lowest BCUT2D eigenvalue weighted by molar-refractivity contribution is 0.188. The third kappa shape index (κ3) is 2.53. The molecule has 28 heavy (non-hydrogen) atoms.